The van der Waals surface area contributed by atoms with Gasteiger partial charge in [0.15, 0.2) is 0 Å². The van der Waals surface area contributed by atoms with Gasteiger partial charge in [-0.2, -0.15) is 0 Å². The standard InChI is InChI=1S/C13H17N7O/c1-4-8-9(5-2)19-20-13(17-8)18-12(21)10-6-16-11(14-3)7-15-10/h6-7H,4-5H2,1-3H3,(H,14,16)(H,17,18,20,21). The van der Waals surface area contributed by atoms with Crippen LogP contribution in [0.3, 0.4) is 0 Å². The molecule has 2 N–H and O–H groups in total. The third-order valence-corrected chi connectivity index (χ3v) is 2.88. The van der Waals surface area contributed by atoms with Gasteiger partial charge >= 0.3 is 0 Å². The molecule has 0 unspecified atom stereocenters. The molecule has 0 bridgehead atoms. The molecule has 1 amide bonds. The topological polar surface area (TPSA) is 106 Å². The Balaban J connectivity index is 2.14. The van der Waals surface area contributed by atoms with Gasteiger partial charge in [0, 0.05) is 7.05 Å². The molecular formula is C13H17N7O. The zero-order valence-corrected chi connectivity index (χ0v) is 12.2. The Morgan fingerprint density at radius 2 is 1.86 bits per heavy atom. The number of anilines is 2. The van der Waals surface area contributed by atoms with E-state index in [0.29, 0.717) is 5.82 Å². The zero-order chi connectivity index (χ0) is 15.2. The van der Waals surface area contributed by atoms with Crippen LogP contribution in [0.2, 0.25) is 0 Å². The minimum atomic E-state index is -0.418. The van der Waals surface area contributed by atoms with Crippen molar-refractivity contribution in [1.29, 1.82) is 0 Å². The van der Waals surface area contributed by atoms with Crippen LogP contribution in [-0.4, -0.2) is 38.1 Å². The molecule has 0 fully saturated rings. The molecule has 2 rings (SSSR count). The van der Waals surface area contributed by atoms with Gasteiger partial charge in [0.1, 0.15) is 11.5 Å². The van der Waals surface area contributed by atoms with Crippen LogP contribution in [0, 0.1) is 0 Å². The van der Waals surface area contributed by atoms with Crippen molar-refractivity contribution in [3.05, 3.63) is 29.5 Å². The van der Waals surface area contributed by atoms with Crippen LogP contribution in [0.15, 0.2) is 12.4 Å². The zero-order valence-electron chi connectivity index (χ0n) is 12.2. The smallest absolute Gasteiger partial charge is 0.278 e. The van der Waals surface area contributed by atoms with Crippen molar-refractivity contribution in [3.63, 3.8) is 0 Å². The summed E-state index contributed by atoms with van der Waals surface area (Å²) in [6, 6.07) is 0. The van der Waals surface area contributed by atoms with Gasteiger partial charge in [-0.15, -0.1) is 10.2 Å². The first-order chi connectivity index (χ1) is 10.2. The van der Waals surface area contributed by atoms with Crippen molar-refractivity contribution in [1.82, 2.24) is 25.1 Å². The van der Waals surface area contributed by atoms with E-state index >= 15 is 0 Å². The van der Waals surface area contributed by atoms with Crippen molar-refractivity contribution in [2.24, 2.45) is 0 Å². The van der Waals surface area contributed by atoms with Crippen LogP contribution in [0.25, 0.3) is 0 Å². The number of hydrogen-bond donors (Lipinski definition) is 2. The van der Waals surface area contributed by atoms with E-state index in [1.54, 1.807) is 7.05 Å². The SMILES string of the molecule is CCc1nnc(NC(=O)c2cnc(NC)cn2)nc1CC. The number of aromatic nitrogens is 5. The number of amides is 1. The predicted molar refractivity (Wildman–Crippen MR) is 78.1 cm³/mol. The Hall–Kier alpha value is -2.64. The Morgan fingerprint density at radius 1 is 1.10 bits per heavy atom. The molecule has 2 aromatic heterocycles. The number of carbonyl (C=O) groups is 1. The van der Waals surface area contributed by atoms with E-state index in [4.69, 9.17) is 0 Å². The second kappa shape index (κ2) is 6.69. The quantitative estimate of drug-likeness (QED) is 0.847. The summed E-state index contributed by atoms with van der Waals surface area (Å²) in [4.78, 5) is 24.4. The van der Waals surface area contributed by atoms with Gasteiger partial charge in [0.25, 0.3) is 5.91 Å². The van der Waals surface area contributed by atoms with Crippen LogP contribution in [0.1, 0.15) is 35.7 Å². The summed E-state index contributed by atoms with van der Waals surface area (Å²) in [5.74, 6) is 0.344. The first kappa shape index (κ1) is 14.8. The van der Waals surface area contributed by atoms with Crippen LogP contribution >= 0.6 is 0 Å². The van der Waals surface area contributed by atoms with Gasteiger partial charge in [-0.05, 0) is 12.8 Å². The molecule has 0 spiro atoms. The monoisotopic (exact) mass is 287 g/mol. The lowest BCUT2D eigenvalue weighted by molar-refractivity contribution is 0.102. The Bertz CT molecular complexity index is 627. The molecular weight excluding hydrogens is 270 g/mol. The van der Waals surface area contributed by atoms with E-state index in [1.165, 1.54) is 12.4 Å². The summed E-state index contributed by atoms with van der Waals surface area (Å²) in [6.07, 6.45) is 4.36. The number of aryl methyl sites for hydroxylation is 2. The molecule has 8 nitrogen and oxygen atoms in total. The minimum Gasteiger partial charge on any atom is -0.372 e. The average Bonchev–Trinajstić information content (AvgIpc) is 2.54. The highest BCUT2D eigenvalue weighted by molar-refractivity contribution is 6.01. The maximum absolute atomic E-state index is 12.0. The Kier molecular flexibility index (Phi) is 4.70. The number of nitrogens with zero attached hydrogens (tertiary/aromatic N) is 5. The maximum atomic E-state index is 12.0. The first-order valence-corrected chi connectivity index (χ1v) is 6.71. The van der Waals surface area contributed by atoms with Crippen LogP contribution in [-0.2, 0) is 12.8 Å². The molecule has 0 saturated carbocycles. The average molecular weight is 287 g/mol. The number of carbonyl (C=O) groups excluding carboxylic acids is 1. The highest BCUT2D eigenvalue weighted by Crippen LogP contribution is 2.08. The number of hydrogen-bond acceptors (Lipinski definition) is 7. The van der Waals surface area contributed by atoms with Crippen LogP contribution in [0.4, 0.5) is 11.8 Å². The molecule has 0 aliphatic heterocycles. The van der Waals surface area contributed by atoms with Gasteiger partial charge in [-0.1, -0.05) is 13.8 Å². The van der Waals surface area contributed by atoms with E-state index in [-0.39, 0.29) is 11.6 Å². The second-order valence-corrected chi connectivity index (χ2v) is 4.23. The van der Waals surface area contributed by atoms with Crippen molar-refractivity contribution >= 4 is 17.7 Å². The van der Waals surface area contributed by atoms with Gasteiger partial charge in [0.05, 0.1) is 23.8 Å². The van der Waals surface area contributed by atoms with Crippen LogP contribution < -0.4 is 10.6 Å². The molecule has 0 aliphatic rings. The van der Waals surface area contributed by atoms with Crippen LogP contribution in [0.5, 0.6) is 0 Å². The number of rotatable bonds is 5. The molecule has 0 atom stereocenters. The van der Waals surface area contributed by atoms with Gasteiger partial charge < -0.3 is 5.32 Å². The molecule has 2 aromatic rings. The summed E-state index contributed by atoms with van der Waals surface area (Å²) in [6.45, 7) is 3.97. The molecule has 110 valence electrons. The van der Waals surface area contributed by atoms with E-state index in [0.717, 1.165) is 24.2 Å². The molecule has 0 aromatic carbocycles. The summed E-state index contributed by atoms with van der Waals surface area (Å²) in [5, 5.41) is 13.4. The molecule has 0 aliphatic carbocycles. The summed E-state index contributed by atoms with van der Waals surface area (Å²) >= 11 is 0. The third kappa shape index (κ3) is 3.47. The summed E-state index contributed by atoms with van der Waals surface area (Å²) in [5.41, 5.74) is 1.86. The summed E-state index contributed by atoms with van der Waals surface area (Å²) in [7, 11) is 1.73. The highest BCUT2D eigenvalue weighted by atomic mass is 16.2. The molecule has 0 radical (unpaired) electrons. The Morgan fingerprint density at radius 3 is 2.43 bits per heavy atom. The molecule has 2 heterocycles. The molecule has 21 heavy (non-hydrogen) atoms. The van der Waals surface area contributed by atoms with Crippen molar-refractivity contribution < 1.29 is 4.79 Å². The molecule has 0 saturated heterocycles. The normalized spacial score (nSPS) is 10.2. The van der Waals surface area contributed by atoms with Crippen molar-refractivity contribution in [2.45, 2.75) is 26.7 Å². The van der Waals surface area contributed by atoms with Crippen molar-refractivity contribution in [3.8, 4) is 0 Å². The van der Waals surface area contributed by atoms with E-state index in [9.17, 15) is 4.79 Å². The molecule has 8 heteroatoms. The number of nitrogens with one attached hydrogen (secondary N) is 2. The highest BCUT2D eigenvalue weighted by Gasteiger charge is 2.12. The minimum absolute atomic E-state index is 0.175. The van der Waals surface area contributed by atoms with Gasteiger partial charge in [-0.25, -0.2) is 15.0 Å². The first-order valence-electron chi connectivity index (χ1n) is 6.71. The Labute approximate surface area is 122 Å². The maximum Gasteiger partial charge on any atom is 0.278 e. The van der Waals surface area contributed by atoms with E-state index < -0.39 is 5.91 Å². The lowest BCUT2D eigenvalue weighted by Gasteiger charge is -2.06. The van der Waals surface area contributed by atoms with Gasteiger partial charge in [-0.3, -0.25) is 10.1 Å². The fraction of sp³-hybridized carbons (Fsp3) is 0.385. The fourth-order valence-corrected chi connectivity index (χ4v) is 1.73. The lowest BCUT2D eigenvalue weighted by atomic mass is 10.2. The fourth-order valence-electron chi connectivity index (χ4n) is 1.73. The van der Waals surface area contributed by atoms with Crippen molar-refractivity contribution in [2.75, 3.05) is 17.7 Å². The lowest BCUT2D eigenvalue weighted by Crippen LogP contribution is -2.18. The predicted octanol–water partition coefficient (Wildman–Crippen LogP) is 1.08. The van der Waals surface area contributed by atoms with E-state index in [2.05, 4.69) is 35.8 Å². The largest absolute Gasteiger partial charge is 0.372 e. The van der Waals surface area contributed by atoms with E-state index in [1.807, 2.05) is 13.8 Å². The second-order valence-electron chi connectivity index (χ2n) is 4.23. The van der Waals surface area contributed by atoms with Gasteiger partial charge in [0.2, 0.25) is 5.95 Å². The third-order valence-electron chi connectivity index (χ3n) is 2.88. The summed E-state index contributed by atoms with van der Waals surface area (Å²) < 4.78 is 0.